The molecule has 3 fully saturated rings. The number of allylic oxidation sites excluding steroid dienone is 1. The highest BCUT2D eigenvalue weighted by Crippen LogP contribution is 2.44. The second-order valence-corrected chi connectivity index (χ2v) is 13.4. The van der Waals surface area contributed by atoms with E-state index in [-0.39, 0.29) is 11.7 Å². The predicted octanol–water partition coefficient (Wildman–Crippen LogP) is 7.23. The van der Waals surface area contributed by atoms with Crippen LogP contribution < -0.4 is 4.74 Å². The van der Waals surface area contributed by atoms with E-state index in [2.05, 4.69) is 16.5 Å². The van der Waals surface area contributed by atoms with Gasteiger partial charge in [-0.25, -0.2) is 4.39 Å². The van der Waals surface area contributed by atoms with Gasteiger partial charge in [0, 0.05) is 30.1 Å². The fourth-order valence-electron chi connectivity index (χ4n) is 6.94. The summed E-state index contributed by atoms with van der Waals surface area (Å²) in [6, 6.07) is 9.90. The third kappa shape index (κ3) is 7.05. The monoisotopic (exact) mass is 591 g/mol. The molecule has 0 amide bonds. The van der Waals surface area contributed by atoms with Crippen molar-refractivity contribution in [2.75, 3.05) is 32.8 Å². The number of alkyl halides is 1. The van der Waals surface area contributed by atoms with Crippen LogP contribution in [0.25, 0.3) is 16.8 Å². The summed E-state index contributed by atoms with van der Waals surface area (Å²) < 4.78 is 20.9. The number of nitrogens with zero attached hydrogens (tertiary/aromatic N) is 3. The van der Waals surface area contributed by atoms with Gasteiger partial charge in [-0.2, -0.15) is 0 Å². The molecule has 7 heteroatoms. The summed E-state index contributed by atoms with van der Waals surface area (Å²) in [4.78, 5) is 22.1. The van der Waals surface area contributed by atoms with E-state index < -0.39 is 17.4 Å². The van der Waals surface area contributed by atoms with Crippen molar-refractivity contribution in [2.24, 2.45) is 11.8 Å². The maximum atomic E-state index is 14.8. The largest absolute Gasteiger partial charge is 0.492 e. The van der Waals surface area contributed by atoms with Gasteiger partial charge in [-0.1, -0.05) is 38.1 Å². The van der Waals surface area contributed by atoms with Gasteiger partial charge in [0.2, 0.25) is 0 Å². The van der Waals surface area contributed by atoms with Crippen LogP contribution in [0.4, 0.5) is 4.39 Å². The standard InChI is InChI=1S/C36H50FN3O3/c1-6-36(37,7-2)24-39-19-15-26(16-20-39)23-43-29-12-14-32(38-22-29)28-11-13-30(31(21-28)25(3)4)34(42)40-18-8-17-35(40,5)33(41)27-9-10-27/h11-14,21-22,26-27,34,42H,3,6-10,15-20,23-24H2,1-2,4-5H3. The van der Waals surface area contributed by atoms with Crippen LogP contribution in [-0.2, 0) is 4.79 Å². The second-order valence-electron chi connectivity index (χ2n) is 13.4. The third-order valence-corrected chi connectivity index (χ3v) is 10.3. The molecule has 5 rings (SSSR count). The molecule has 1 aromatic heterocycles. The van der Waals surface area contributed by atoms with E-state index in [4.69, 9.17) is 4.74 Å². The lowest BCUT2D eigenvalue weighted by Crippen LogP contribution is -2.50. The average molecular weight is 592 g/mol. The summed E-state index contributed by atoms with van der Waals surface area (Å²) in [5.74, 6) is 1.64. The number of piperidine rings is 1. The fraction of sp³-hybridized carbons (Fsp3) is 0.611. The summed E-state index contributed by atoms with van der Waals surface area (Å²) in [6.07, 6.45) is 7.70. The third-order valence-electron chi connectivity index (χ3n) is 10.3. The van der Waals surface area contributed by atoms with Crippen molar-refractivity contribution in [1.29, 1.82) is 0 Å². The number of aliphatic hydroxyl groups excluding tert-OH is 1. The van der Waals surface area contributed by atoms with Gasteiger partial charge in [0.1, 0.15) is 17.6 Å². The van der Waals surface area contributed by atoms with Crippen molar-refractivity contribution in [1.82, 2.24) is 14.8 Å². The smallest absolute Gasteiger partial charge is 0.155 e. The number of benzene rings is 1. The number of aromatic nitrogens is 1. The summed E-state index contributed by atoms with van der Waals surface area (Å²) in [6.45, 7) is 15.7. The van der Waals surface area contributed by atoms with Crippen LogP contribution in [-0.4, -0.2) is 69.7 Å². The SMILES string of the molecule is C=C(C)c1cc(-c2ccc(OCC3CCN(CC(F)(CC)CC)CC3)cn2)ccc1C(O)N1CCCC1(C)C(=O)C1CC1. The van der Waals surface area contributed by atoms with Crippen LogP contribution in [0, 0.1) is 11.8 Å². The van der Waals surface area contributed by atoms with E-state index in [1.54, 1.807) is 6.20 Å². The molecule has 2 aromatic rings. The van der Waals surface area contributed by atoms with Crippen LogP contribution in [0.15, 0.2) is 43.1 Å². The highest BCUT2D eigenvalue weighted by molar-refractivity contribution is 5.92. The molecule has 0 bridgehead atoms. The van der Waals surface area contributed by atoms with E-state index in [9.17, 15) is 14.3 Å². The number of halogens is 1. The molecular formula is C36H50FN3O3. The van der Waals surface area contributed by atoms with Crippen molar-refractivity contribution in [3.05, 3.63) is 54.2 Å². The lowest BCUT2D eigenvalue weighted by atomic mass is 9.88. The van der Waals surface area contributed by atoms with Gasteiger partial charge in [0.25, 0.3) is 0 Å². The summed E-state index contributed by atoms with van der Waals surface area (Å²) in [5, 5.41) is 11.6. The Morgan fingerprint density at radius 3 is 2.49 bits per heavy atom. The molecule has 2 atom stereocenters. The van der Waals surface area contributed by atoms with Gasteiger partial charge in [-0.15, -0.1) is 0 Å². The van der Waals surface area contributed by atoms with E-state index in [0.29, 0.717) is 38.5 Å². The first kappa shape index (κ1) is 31.8. The van der Waals surface area contributed by atoms with Crippen molar-refractivity contribution in [3.8, 4) is 17.0 Å². The lowest BCUT2D eigenvalue weighted by Gasteiger charge is -2.38. The van der Waals surface area contributed by atoms with Crippen LogP contribution in [0.2, 0.25) is 0 Å². The van der Waals surface area contributed by atoms with Gasteiger partial charge < -0.3 is 14.7 Å². The number of pyridine rings is 1. The minimum atomic E-state index is -1.08. The molecule has 1 aliphatic carbocycles. The van der Waals surface area contributed by atoms with Crippen molar-refractivity contribution in [3.63, 3.8) is 0 Å². The number of ether oxygens (including phenoxy) is 1. The summed E-state index contributed by atoms with van der Waals surface area (Å²) >= 11 is 0. The topological polar surface area (TPSA) is 65.9 Å². The fourth-order valence-corrected chi connectivity index (χ4v) is 6.94. The average Bonchev–Trinajstić information content (AvgIpc) is 3.80. The van der Waals surface area contributed by atoms with Crippen molar-refractivity contribution in [2.45, 2.75) is 96.5 Å². The molecule has 234 valence electrons. The van der Waals surface area contributed by atoms with E-state index >= 15 is 0 Å². The molecular weight excluding hydrogens is 541 g/mol. The number of aliphatic hydroxyl groups is 1. The molecule has 2 unspecified atom stereocenters. The number of hydrogen-bond donors (Lipinski definition) is 1. The minimum absolute atomic E-state index is 0.154. The number of carbonyl (C=O) groups is 1. The Balaban J connectivity index is 1.20. The number of Topliss-reactive ketones (excluding diaryl/α,β-unsaturated/α-hetero) is 1. The second kappa shape index (κ2) is 13.2. The molecule has 3 heterocycles. The molecule has 1 aromatic carbocycles. The molecule has 0 radical (unpaired) electrons. The van der Waals surface area contributed by atoms with Gasteiger partial charge in [-0.05, 0) is 108 Å². The Morgan fingerprint density at radius 1 is 1.16 bits per heavy atom. The highest BCUT2D eigenvalue weighted by Gasteiger charge is 2.50. The highest BCUT2D eigenvalue weighted by atomic mass is 19.1. The summed E-state index contributed by atoms with van der Waals surface area (Å²) in [7, 11) is 0. The van der Waals surface area contributed by atoms with Crippen molar-refractivity contribution < 1.29 is 19.0 Å². The van der Waals surface area contributed by atoms with Gasteiger partial charge in [0.15, 0.2) is 5.78 Å². The Kier molecular flexibility index (Phi) is 9.74. The molecule has 2 aliphatic heterocycles. The van der Waals surface area contributed by atoms with E-state index in [1.807, 2.05) is 62.9 Å². The number of rotatable bonds is 13. The Hall–Kier alpha value is -2.61. The predicted molar refractivity (Wildman–Crippen MR) is 170 cm³/mol. The summed E-state index contributed by atoms with van der Waals surface area (Å²) in [5.41, 5.74) is 2.58. The van der Waals surface area contributed by atoms with Crippen LogP contribution in [0.3, 0.4) is 0 Å². The van der Waals surface area contributed by atoms with Crippen LogP contribution >= 0.6 is 0 Å². The maximum Gasteiger partial charge on any atom is 0.155 e. The molecule has 3 aliphatic rings. The number of likely N-dealkylation sites (tertiary alicyclic amines) is 2. The Labute approximate surface area is 257 Å². The first-order valence-corrected chi connectivity index (χ1v) is 16.4. The first-order valence-electron chi connectivity index (χ1n) is 16.4. The number of carbonyl (C=O) groups excluding carboxylic acids is 1. The molecule has 1 N–H and O–H groups in total. The maximum absolute atomic E-state index is 14.8. The molecule has 43 heavy (non-hydrogen) atoms. The van der Waals surface area contributed by atoms with E-state index in [0.717, 1.165) is 85.3 Å². The molecule has 6 nitrogen and oxygen atoms in total. The van der Waals surface area contributed by atoms with Gasteiger partial charge >= 0.3 is 0 Å². The molecule has 1 saturated carbocycles. The molecule has 2 saturated heterocycles. The van der Waals surface area contributed by atoms with Crippen LogP contribution in [0.1, 0.15) is 96.4 Å². The number of hydrogen-bond acceptors (Lipinski definition) is 6. The minimum Gasteiger partial charge on any atom is -0.492 e. The van der Waals surface area contributed by atoms with Gasteiger partial charge in [0.05, 0.1) is 24.0 Å². The zero-order chi connectivity index (χ0) is 30.8. The zero-order valence-corrected chi connectivity index (χ0v) is 26.6. The number of ketones is 1. The van der Waals surface area contributed by atoms with Crippen LogP contribution in [0.5, 0.6) is 5.75 Å². The Bertz CT molecular complexity index is 1280. The molecule has 0 spiro atoms. The van der Waals surface area contributed by atoms with Crippen molar-refractivity contribution >= 4 is 11.4 Å². The normalized spacial score (nSPS) is 22.9. The quantitative estimate of drug-likeness (QED) is 0.265. The Morgan fingerprint density at radius 2 is 1.88 bits per heavy atom. The zero-order valence-electron chi connectivity index (χ0n) is 26.6. The van der Waals surface area contributed by atoms with Gasteiger partial charge in [-0.3, -0.25) is 14.7 Å². The van der Waals surface area contributed by atoms with E-state index in [1.165, 1.54) is 0 Å². The lowest BCUT2D eigenvalue weighted by molar-refractivity contribution is -0.137. The first-order chi connectivity index (χ1) is 20.6.